The zero-order valence-corrected chi connectivity index (χ0v) is 21.9. The Morgan fingerprint density at radius 1 is 1.06 bits per heavy atom. The Morgan fingerprint density at radius 3 is 2.06 bits per heavy atom. The van der Waals surface area contributed by atoms with Crippen molar-refractivity contribution in [3.05, 3.63) is 35.2 Å². The highest BCUT2D eigenvalue weighted by atomic mass is 32.2. The Bertz CT molecular complexity index is 917. The van der Waals surface area contributed by atoms with Crippen LogP contribution in [0.1, 0.15) is 64.4 Å². The fourth-order valence-electron chi connectivity index (χ4n) is 2.92. The van der Waals surface area contributed by atoms with Gasteiger partial charge in [-0.2, -0.15) is 17.5 Å². The number of benzene rings is 1. The maximum Gasteiger partial charge on any atom is 0.430 e. The van der Waals surface area contributed by atoms with Crippen molar-refractivity contribution < 1.29 is 46.8 Å². The molecule has 1 rings (SSSR count). The minimum atomic E-state index is -5.19. The van der Waals surface area contributed by atoms with Crippen molar-refractivity contribution in [3.8, 4) is 0 Å². The number of esters is 1. The highest BCUT2D eigenvalue weighted by Gasteiger charge is 2.28. The van der Waals surface area contributed by atoms with Gasteiger partial charge < -0.3 is 20.4 Å². The average Bonchev–Trinajstić information content (AvgIpc) is 2.79. The summed E-state index contributed by atoms with van der Waals surface area (Å²) < 4.78 is 63.5. The van der Waals surface area contributed by atoms with Gasteiger partial charge in [0.15, 0.2) is 0 Å². The molecule has 0 spiro atoms. The molecule has 1 aromatic rings. The minimum Gasteiger partial charge on any atom is -0.542 e. The summed E-state index contributed by atoms with van der Waals surface area (Å²) in [7, 11) is -2.11. The summed E-state index contributed by atoms with van der Waals surface area (Å²) in [6.07, 6.45) is 2.00. The van der Waals surface area contributed by atoms with Crippen molar-refractivity contribution in [2.24, 2.45) is 5.92 Å². The van der Waals surface area contributed by atoms with Crippen molar-refractivity contribution in [2.45, 2.75) is 65.0 Å². The van der Waals surface area contributed by atoms with E-state index in [0.29, 0.717) is 31.8 Å². The number of rotatable bonds is 14. The molecule has 8 nitrogen and oxygen atoms in total. The highest BCUT2D eigenvalue weighted by Crippen LogP contribution is 2.15. The molecule has 0 radical (unpaired) electrons. The van der Waals surface area contributed by atoms with Gasteiger partial charge in [-0.1, -0.05) is 33.1 Å². The number of methoxy groups -OCH3 is 1. The Balaban J connectivity index is 0.00000152. The van der Waals surface area contributed by atoms with Crippen LogP contribution in [0.15, 0.2) is 29.7 Å². The standard InChI is InChI=1S/C22H36N2O4S.C2HF3O2/c1-19(2)9-6-8-17-24(16-7-4-5-10-22(25)28-3)29(26,27)18-15-20-11-13-21(23)14-12-20;3-2(4,5)1(6)7/h11-15,18-19H,4-10,16-17,23H2,1-3H3;(H,6,7)/b18-15+;. The fraction of sp³-hybridized carbons (Fsp3) is 0.583. The largest absolute Gasteiger partial charge is 0.542 e. The lowest BCUT2D eigenvalue weighted by atomic mass is 10.1. The van der Waals surface area contributed by atoms with E-state index in [2.05, 4.69) is 24.3 Å². The molecule has 0 fully saturated rings. The van der Waals surface area contributed by atoms with Gasteiger partial charge in [-0.25, -0.2) is 8.42 Å². The van der Waals surface area contributed by atoms with Gasteiger partial charge >= 0.3 is 12.1 Å². The van der Waals surface area contributed by atoms with Crippen LogP contribution in [0.4, 0.5) is 18.9 Å². The Labute approximate surface area is 211 Å². The first-order chi connectivity index (χ1) is 16.7. The van der Waals surface area contributed by atoms with E-state index in [9.17, 15) is 26.4 Å². The third-order valence-electron chi connectivity index (χ3n) is 4.96. The molecule has 0 unspecified atom stereocenters. The van der Waals surface area contributed by atoms with Crippen molar-refractivity contribution in [3.63, 3.8) is 0 Å². The van der Waals surface area contributed by atoms with E-state index in [1.165, 1.54) is 12.5 Å². The van der Waals surface area contributed by atoms with Crippen LogP contribution in [0.25, 0.3) is 6.08 Å². The minimum absolute atomic E-state index is 0.223. The third-order valence-corrected chi connectivity index (χ3v) is 6.52. The second-order valence-corrected chi connectivity index (χ2v) is 10.4. The van der Waals surface area contributed by atoms with Crippen LogP contribution in [0.2, 0.25) is 0 Å². The molecular weight excluding hydrogens is 501 g/mol. The smallest absolute Gasteiger partial charge is 0.430 e. The van der Waals surface area contributed by atoms with Crippen molar-refractivity contribution >= 4 is 33.7 Å². The van der Waals surface area contributed by atoms with E-state index in [4.69, 9.17) is 9.90 Å². The van der Waals surface area contributed by atoms with E-state index in [-0.39, 0.29) is 5.97 Å². The third kappa shape index (κ3) is 16.3. The molecule has 3 N–H and O–H groups in total. The molecule has 0 aromatic heterocycles. The fourth-order valence-corrected chi connectivity index (χ4v) is 4.19. The maximum atomic E-state index is 12.9. The normalized spacial score (nSPS) is 12.0. The number of quaternary nitrogens is 1. The number of carboxylic acid groups (broad SMARTS) is 1. The molecule has 0 saturated carbocycles. The van der Waals surface area contributed by atoms with Crippen LogP contribution in [-0.2, 0) is 24.3 Å². The number of alkyl halides is 3. The summed E-state index contributed by atoms with van der Waals surface area (Å²) in [6.45, 7) is 5.34. The van der Waals surface area contributed by atoms with E-state index in [1.807, 2.05) is 24.3 Å². The topological polar surface area (TPSA) is 131 Å². The van der Waals surface area contributed by atoms with E-state index >= 15 is 0 Å². The number of hydrogen-bond donors (Lipinski definition) is 1. The van der Waals surface area contributed by atoms with E-state index < -0.39 is 22.2 Å². The SMILES string of the molecule is COC(=O)CCCCCN(CCCCC(C)C)S(=O)(=O)/C=C/c1ccc([NH3+])cc1.O=C([O-])C(F)(F)F. The predicted molar refractivity (Wildman–Crippen MR) is 129 cm³/mol. The second kappa shape index (κ2) is 17.1. The molecule has 0 amide bonds. The summed E-state index contributed by atoms with van der Waals surface area (Å²) in [5.41, 5.74) is 5.56. The number of carbonyl (C=O) groups excluding carboxylic acids is 2. The number of nitrogens with zero attached hydrogens (tertiary/aromatic N) is 1. The van der Waals surface area contributed by atoms with Gasteiger partial charge in [0.05, 0.1) is 7.11 Å². The number of ether oxygens (including phenoxy) is 1. The lowest BCUT2D eigenvalue weighted by molar-refractivity contribution is -0.344. The predicted octanol–water partition coefficient (Wildman–Crippen LogP) is 3.02. The maximum absolute atomic E-state index is 12.9. The van der Waals surface area contributed by atoms with Gasteiger partial charge in [-0.3, -0.25) is 4.79 Å². The number of hydrogen-bond acceptors (Lipinski definition) is 6. The number of aliphatic carboxylic acids is 1. The Hall–Kier alpha value is -2.44. The number of halogens is 3. The number of sulfonamides is 1. The quantitative estimate of drug-likeness (QED) is 0.286. The van der Waals surface area contributed by atoms with Gasteiger partial charge in [0.2, 0.25) is 10.0 Å². The highest BCUT2D eigenvalue weighted by molar-refractivity contribution is 7.92. The Morgan fingerprint density at radius 2 is 1.58 bits per heavy atom. The van der Waals surface area contributed by atoms with Crippen LogP contribution in [0.3, 0.4) is 0 Å². The molecule has 0 bridgehead atoms. The van der Waals surface area contributed by atoms with Gasteiger partial charge in [0.1, 0.15) is 11.7 Å². The van der Waals surface area contributed by atoms with Gasteiger partial charge in [-0.05, 0) is 61.1 Å². The lowest BCUT2D eigenvalue weighted by Crippen LogP contribution is -2.39. The molecule has 0 aliphatic rings. The van der Waals surface area contributed by atoms with Crippen molar-refractivity contribution in [2.75, 3.05) is 20.2 Å². The zero-order chi connectivity index (χ0) is 27.8. The number of carboxylic acids is 1. The molecule has 12 heteroatoms. The summed E-state index contributed by atoms with van der Waals surface area (Å²) in [4.78, 5) is 20.0. The van der Waals surface area contributed by atoms with Crippen LogP contribution in [-0.4, -0.2) is 51.0 Å². The second-order valence-electron chi connectivity index (χ2n) is 8.55. The summed E-state index contributed by atoms with van der Waals surface area (Å²) in [6, 6.07) is 7.43. The number of unbranched alkanes of at least 4 members (excludes halogenated alkanes) is 3. The molecule has 0 saturated heterocycles. The van der Waals surface area contributed by atoms with E-state index in [0.717, 1.165) is 43.4 Å². The van der Waals surface area contributed by atoms with Crippen LogP contribution < -0.4 is 10.8 Å². The first-order valence-electron chi connectivity index (χ1n) is 11.6. The van der Waals surface area contributed by atoms with Crippen LogP contribution in [0.5, 0.6) is 0 Å². The molecular formula is C24H37F3N2O6S. The van der Waals surface area contributed by atoms with Crippen molar-refractivity contribution in [1.82, 2.24) is 4.31 Å². The van der Waals surface area contributed by atoms with Crippen LogP contribution >= 0.6 is 0 Å². The molecule has 0 atom stereocenters. The van der Waals surface area contributed by atoms with Gasteiger partial charge in [0.25, 0.3) is 0 Å². The molecule has 36 heavy (non-hydrogen) atoms. The van der Waals surface area contributed by atoms with E-state index in [1.54, 1.807) is 10.4 Å². The van der Waals surface area contributed by atoms with Crippen LogP contribution in [0, 0.1) is 5.92 Å². The van der Waals surface area contributed by atoms with Gasteiger partial charge in [0, 0.05) is 24.9 Å². The first kappa shape index (κ1) is 33.6. The van der Waals surface area contributed by atoms with Gasteiger partial charge in [-0.15, -0.1) is 0 Å². The number of carbonyl (C=O) groups is 2. The Kier molecular flexibility index (Phi) is 15.9. The molecule has 0 aliphatic heterocycles. The molecule has 0 aliphatic carbocycles. The first-order valence-corrected chi connectivity index (χ1v) is 13.1. The monoisotopic (exact) mass is 538 g/mol. The summed E-state index contributed by atoms with van der Waals surface area (Å²) in [5.74, 6) is -2.61. The zero-order valence-electron chi connectivity index (χ0n) is 21.1. The molecule has 1 aromatic carbocycles. The van der Waals surface area contributed by atoms with Crippen molar-refractivity contribution in [1.29, 1.82) is 0 Å². The molecule has 0 heterocycles. The summed E-state index contributed by atoms with van der Waals surface area (Å²) in [5, 5.41) is 10.1. The average molecular weight is 539 g/mol. The lowest BCUT2D eigenvalue weighted by Gasteiger charge is -2.20. The molecule has 206 valence electrons. The summed E-state index contributed by atoms with van der Waals surface area (Å²) >= 11 is 0.